The van der Waals surface area contributed by atoms with Gasteiger partial charge in [-0.1, -0.05) is 26.0 Å². The fourth-order valence-electron chi connectivity index (χ4n) is 6.81. The summed E-state index contributed by atoms with van der Waals surface area (Å²) < 4.78 is 0. The summed E-state index contributed by atoms with van der Waals surface area (Å²) in [5.41, 5.74) is 0.807. The van der Waals surface area contributed by atoms with E-state index in [1.165, 1.54) is 44.9 Å². The maximum Gasteiger partial charge on any atom is 0.0596 e. The van der Waals surface area contributed by atoms with Crippen molar-refractivity contribution in [3.8, 4) is 0 Å². The van der Waals surface area contributed by atoms with Gasteiger partial charge < -0.3 is 5.11 Å². The van der Waals surface area contributed by atoms with Crippen LogP contribution in [0.1, 0.15) is 65.2 Å². The first kappa shape index (κ1) is 13.4. The second-order valence-electron chi connectivity index (χ2n) is 8.71. The first-order chi connectivity index (χ1) is 9.56. The van der Waals surface area contributed by atoms with E-state index in [0.717, 1.165) is 30.1 Å². The third kappa shape index (κ3) is 1.59. The lowest BCUT2D eigenvalue weighted by atomic mass is 9.46. The van der Waals surface area contributed by atoms with Gasteiger partial charge in [-0.2, -0.15) is 0 Å². The van der Waals surface area contributed by atoms with Crippen molar-refractivity contribution in [2.24, 2.45) is 34.5 Å². The molecule has 112 valence electrons. The minimum absolute atomic E-state index is 0.0229. The first-order valence-corrected chi connectivity index (χ1v) is 8.89. The van der Waals surface area contributed by atoms with Crippen molar-refractivity contribution in [1.29, 1.82) is 0 Å². The van der Waals surface area contributed by atoms with Crippen molar-refractivity contribution >= 4 is 0 Å². The predicted octanol–water partition coefficient (Wildman–Crippen LogP) is 4.56. The van der Waals surface area contributed by atoms with E-state index in [1.54, 1.807) is 0 Å². The number of aliphatic hydroxyl groups excluding tert-OH is 1. The van der Waals surface area contributed by atoms with E-state index in [1.807, 2.05) is 0 Å². The van der Waals surface area contributed by atoms with Crippen molar-refractivity contribution in [3.05, 3.63) is 12.2 Å². The van der Waals surface area contributed by atoms with E-state index >= 15 is 0 Å². The Hall–Kier alpha value is -0.300. The monoisotopic (exact) mass is 274 g/mol. The highest BCUT2D eigenvalue weighted by Gasteiger charge is 2.59. The zero-order valence-corrected chi connectivity index (χ0v) is 13.1. The van der Waals surface area contributed by atoms with Crippen LogP contribution < -0.4 is 0 Å². The molecule has 0 bridgehead atoms. The summed E-state index contributed by atoms with van der Waals surface area (Å²) in [6.45, 7) is 4.98. The Morgan fingerprint density at radius 2 is 1.70 bits per heavy atom. The molecule has 3 fully saturated rings. The average molecular weight is 274 g/mol. The standard InChI is InChI=1S/C19H30O/c1-18-11-4-3-5-13(18)6-7-14-15-8-9-17(20)19(15,2)12-10-16(14)18/h3-4,13-17,20H,5-12H2,1-2H3/t13-,14?,15+,16+,17+,18+,19+/m1/s1. The zero-order chi connectivity index (χ0) is 14.0. The van der Waals surface area contributed by atoms with Crippen molar-refractivity contribution in [1.82, 2.24) is 0 Å². The van der Waals surface area contributed by atoms with Gasteiger partial charge in [-0.3, -0.25) is 0 Å². The van der Waals surface area contributed by atoms with Crippen LogP contribution in [0.3, 0.4) is 0 Å². The van der Waals surface area contributed by atoms with Gasteiger partial charge in [-0.25, -0.2) is 0 Å². The number of fused-ring (bicyclic) bond motifs is 5. The molecule has 20 heavy (non-hydrogen) atoms. The fourth-order valence-corrected chi connectivity index (χ4v) is 6.81. The number of hydrogen-bond acceptors (Lipinski definition) is 1. The lowest BCUT2D eigenvalue weighted by molar-refractivity contribution is -0.108. The smallest absolute Gasteiger partial charge is 0.0596 e. The maximum atomic E-state index is 10.5. The molecule has 0 aromatic heterocycles. The molecular weight excluding hydrogens is 244 g/mol. The first-order valence-electron chi connectivity index (χ1n) is 8.89. The second-order valence-corrected chi connectivity index (χ2v) is 8.71. The predicted molar refractivity (Wildman–Crippen MR) is 82.3 cm³/mol. The van der Waals surface area contributed by atoms with Gasteiger partial charge in [0.05, 0.1) is 6.10 Å². The quantitative estimate of drug-likeness (QED) is 0.642. The topological polar surface area (TPSA) is 20.2 Å². The summed E-state index contributed by atoms with van der Waals surface area (Å²) in [5, 5.41) is 10.5. The van der Waals surface area contributed by atoms with Crippen LogP contribution in [0, 0.1) is 34.5 Å². The molecule has 0 saturated heterocycles. The van der Waals surface area contributed by atoms with Gasteiger partial charge in [0.25, 0.3) is 0 Å². The third-order valence-corrected chi connectivity index (χ3v) is 8.16. The Morgan fingerprint density at radius 1 is 0.900 bits per heavy atom. The minimum Gasteiger partial charge on any atom is -0.393 e. The van der Waals surface area contributed by atoms with Crippen LogP contribution in [0.4, 0.5) is 0 Å². The summed E-state index contributed by atoms with van der Waals surface area (Å²) in [6.07, 6.45) is 15.4. The number of aliphatic hydroxyl groups is 1. The summed E-state index contributed by atoms with van der Waals surface area (Å²) in [6, 6.07) is 0. The highest BCUT2D eigenvalue weighted by Crippen LogP contribution is 2.65. The molecule has 0 aliphatic heterocycles. The highest BCUT2D eigenvalue weighted by atomic mass is 16.3. The SMILES string of the molecule is C[C@]12CC=CC[C@@H]1CCC1[C@@H]2CC[C@]2(C)[C@@H](O)CC[C@@H]12. The molecule has 7 atom stereocenters. The van der Waals surface area contributed by atoms with Gasteiger partial charge in [0.15, 0.2) is 0 Å². The van der Waals surface area contributed by atoms with E-state index in [2.05, 4.69) is 26.0 Å². The third-order valence-electron chi connectivity index (χ3n) is 8.16. The minimum atomic E-state index is -0.0229. The Kier molecular flexibility index (Phi) is 2.91. The molecule has 0 aromatic rings. The Balaban J connectivity index is 1.66. The Labute approximate surface area is 123 Å². The Morgan fingerprint density at radius 3 is 2.55 bits per heavy atom. The second kappa shape index (κ2) is 4.35. The van der Waals surface area contributed by atoms with Crippen LogP contribution in [-0.2, 0) is 0 Å². The maximum absolute atomic E-state index is 10.5. The molecule has 0 amide bonds. The lowest BCUT2D eigenvalue weighted by Gasteiger charge is -2.59. The molecule has 0 radical (unpaired) electrons. The van der Waals surface area contributed by atoms with E-state index in [0.29, 0.717) is 5.41 Å². The molecular formula is C19H30O. The largest absolute Gasteiger partial charge is 0.393 e. The van der Waals surface area contributed by atoms with Gasteiger partial charge in [0, 0.05) is 0 Å². The van der Waals surface area contributed by atoms with Crippen LogP contribution in [0.25, 0.3) is 0 Å². The molecule has 0 heterocycles. The fraction of sp³-hybridized carbons (Fsp3) is 0.895. The number of rotatable bonds is 0. The van der Waals surface area contributed by atoms with E-state index in [4.69, 9.17) is 0 Å². The summed E-state index contributed by atoms with van der Waals surface area (Å²) in [7, 11) is 0. The van der Waals surface area contributed by atoms with Gasteiger partial charge in [-0.15, -0.1) is 0 Å². The molecule has 0 spiro atoms. The number of hydrogen-bond donors (Lipinski definition) is 1. The molecule has 0 aromatic carbocycles. The van der Waals surface area contributed by atoms with Crippen LogP contribution >= 0.6 is 0 Å². The van der Waals surface area contributed by atoms with Crippen molar-refractivity contribution in [3.63, 3.8) is 0 Å². The summed E-state index contributed by atoms with van der Waals surface area (Å²) >= 11 is 0. The summed E-state index contributed by atoms with van der Waals surface area (Å²) in [4.78, 5) is 0. The Bertz CT molecular complexity index is 427. The number of allylic oxidation sites excluding steroid dienone is 2. The van der Waals surface area contributed by atoms with Crippen LogP contribution in [0.15, 0.2) is 12.2 Å². The van der Waals surface area contributed by atoms with E-state index in [-0.39, 0.29) is 11.5 Å². The molecule has 1 unspecified atom stereocenters. The van der Waals surface area contributed by atoms with Crippen molar-refractivity contribution < 1.29 is 5.11 Å². The molecule has 3 saturated carbocycles. The van der Waals surface area contributed by atoms with E-state index < -0.39 is 0 Å². The van der Waals surface area contributed by atoms with Crippen LogP contribution in [-0.4, -0.2) is 11.2 Å². The molecule has 1 nitrogen and oxygen atoms in total. The van der Waals surface area contributed by atoms with Gasteiger partial charge >= 0.3 is 0 Å². The van der Waals surface area contributed by atoms with Crippen molar-refractivity contribution in [2.75, 3.05) is 0 Å². The molecule has 1 heteroatoms. The highest BCUT2D eigenvalue weighted by molar-refractivity contribution is 5.12. The molecule has 4 aliphatic rings. The van der Waals surface area contributed by atoms with Crippen LogP contribution in [0.5, 0.6) is 0 Å². The van der Waals surface area contributed by atoms with E-state index in [9.17, 15) is 5.11 Å². The summed E-state index contributed by atoms with van der Waals surface area (Å²) in [5.74, 6) is 3.57. The lowest BCUT2D eigenvalue weighted by Crippen LogP contribution is -2.52. The molecule has 4 rings (SSSR count). The van der Waals surface area contributed by atoms with Crippen molar-refractivity contribution in [2.45, 2.75) is 71.3 Å². The van der Waals surface area contributed by atoms with Gasteiger partial charge in [-0.05, 0) is 85.9 Å². The average Bonchev–Trinajstić information content (AvgIpc) is 2.74. The normalized spacial score (nSPS) is 57.9. The molecule has 4 aliphatic carbocycles. The van der Waals surface area contributed by atoms with Gasteiger partial charge in [0.2, 0.25) is 0 Å². The molecule has 1 N–H and O–H groups in total. The van der Waals surface area contributed by atoms with Crippen LogP contribution in [0.2, 0.25) is 0 Å². The van der Waals surface area contributed by atoms with Gasteiger partial charge in [0.1, 0.15) is 0 Å². The zero-order valence-electron chi connectivity index (χ0n) is 13.1.